The van der Waals surface area contributed by atoms with Crippen molar-refractivity contribution in [3.63, 3.8) is 0 Å². The van der Waals surface area contributed by atoms with E-state index in [4.69, 9.17) is 11.6 Å². The zero-order chi connectivity index (χ0) is 17.8. The van der Waals surface area contributed by atoms with E-state index < -0.39 is 5.82 Å². The van der Waals surface area contributed by atoms with Crippen LogP contribution in [0.15, 0.2) is 54.7 Å². The average Bonchev–Trinajstić information content (AvgIpc) is 2.62. The smallest absolute Gasteiger partial charge is 0.246 e. The van der Waals surface area contributed by atoms with Crippen molar-refractivity contribution in [3.05, 3.63) is 76.8 Å². The second-order valence-corrected chi connectivity index (χ2v) is 5.92. The van der Waals surface area contributed by atoms with Gasteiger partial charge in [-0.2, -0.15) is 0 Å². The number of halogens is 2. The van der Waals surface area contributed by atoms with Crippen LogP contribution in [0.1, 0.15) is 11.3 Å². The molecule has 0 aliphatic heterocycles. The summed E-state index contributed by atoms with van der Waals surface area (Å²) in [7, 11) is 1.58. The minimum absolute atomic E-state index is 0.0814. The van der Waals surface area contributed by atoms with E-state index >= 15 is 0 Å². The van der Waals surface area contributed by atoms with Gasteiger partial charge in [0, 0.05) is 30.3 Å². The van der Waals surface area contributed by atoms with Crippen molar-refractivity contribution in [2.75, 3.05) is 7.05 Å². The molecule has 3 rings (SSSR count). The van der Waals surface area contributed by atoms with E-state index in [1.165, 1.54) is 23.1 Å². The molecule has 0 aliphatic carbocycles. The summed E-state index contributed by atoms with van der Waals surface area (Å²) in [4.78, 5) is 22.3. The van der Waals surface area contributed by atoms with Crippen molar-refractivity contribution < 1.29 is 9.18 Å². The summed E-state index contributed by atoms with van der Waals surface area (Å²) >= 11 is 5.99. The van der Waals surface area contributed by atoms with Crippen LogP contribution in [0.5, 0.6) is 0 Å². The van der Waals surface area contributed by atoms with E-state index in [-0.39, 0.29) is 12.5 Å². The first-order chi connectivity index (χ1) is 12.0. The number of carbonyl (C=O) groups excluding carboxylic acids is 1. The fourth-order valence-corrected chi connectivity index (χ4v) is 2.56. The second kappa shape index (κ2) is 7.40. The highest BCUT2D eigenvalue weighted by Crippen LogP contribution is 2.20. The lowest BCUT2D eigenvalue weighted by atomic mass is 10.2. The summed E-state index contributed by atoms with van der Waals surface area (Å²) < 4.78 is 13.8. The Kier molecular flexibility index (Phi) is 5.05. The van der Waals surface area contributed by atoms with Gasteiger partial charge in [0.1, 0.15) is 5.82 Å². The first-order valence-corrected chi connectivity index (χ1v) is 8.00. The van der Waals surface area contributed by atoms with Gasteiger partial charge in [0.25, 0.3) is 0 Å². The van der Waals surface area contributed by atoms with Gasteiger partial charge in [-0.1, -0.05) is 29.8 Å². The molecule has 0 radical (unpaired) electrons. The van der Waals surface area contributed by atoms with Crippen LogP contribution in [0.2, 0.25) is 5.02 Å². The Morgan fingerprint density at radius 1 is 1.20 bits per heavy atom. The third-order valence-electron chi connectivity index (χ3n) is 3.70. The van der Waals surface area contributed by atoms with Gasteiger partial charge in [-0.25, -0.2) is 9.37 Å². The van der Waals surface area contributed by atoms with Crippen molar-refractivity contribution in [2.45, 2.75) is 6.54 Å². The highest BCUT2D eigenvalue weighted by molar-refractivity contribution is 6.31. The van der Waals surface area contributed by atoms with Gasteiger partial charge >= 0.3 is 0 Å². The standard InChI is InChI=1S/C19H15ClFN3O/c1-24(12-14-15(20)5-4-6-16(14)21)19(25)10-9-13-11-22-17-7-2-3-8-18(17)23-13/h2-11H,12H2,1H3/b10-9+. The molecular formula is C19H15ClFN3O. The molecule has 126 valence electrons. The third kappa shape index (κ3) is 4.00. The van der Waals surface area contributed by atoms with Crippen LogP contribution < -0.4 is 0 Å². The minimum Gasteiger partial charge on any atom is -0.338 e. The van der Waals surface area contributed by atoms with Gasteiger partial charge in [-0.3, -0.25) is 9.78 Å². The number of para-hydroxylation sites is 2. The zero-order valence-electron chi connectivity index (χ0n) is 13.5. The molecule has 0 N–H and O–H groups in total. The normalized spacial score (nSPS) is 11.2. The lowest BCUT2D eigenvalue weighted by molar-refractivity contribution is -0.125. The van der Waals surface area contributed by atoms with Crippen LogP contribution in [-0.2, 0) is 11.3 Å². The molecule has 0 unspecified atom stereocenters. The molecule has 3 aromatic rings. The van der Waals surface area contributed by atoms with Crippen molar-refractivity contribution in [1.29, 1.82) is 0 Å². The van der Waals surface area contributed by atoms with Gasteiger partial charge < -0.3 is 4.90 Å². The average molecular weight is 356 g/mol. The van der Waals surface area contributed by atoms with Crippen molar-refractivity contribution in [3.8, 4) is 0 Å². The molecule has 6 heteroatoms. The maximum absolute atomic E-state index is 13.8. The summed E-state index contributed by atoms with van der Waals surface area (Å²) in [6.07, 6.45) is 4.56. The zero-order valence-corrected chi connectivity index (χ0v) is 14.2. The summed E-state index contributed by atoms with van der Waals surface area (Å²) in [5.74, 6) is -0.717. The molecule has 1 heterocycles. The lowest BCUT2D eigenvalue weighted by Gasteiger charge is -2.16. The third-order valence-corrected chi connectivity index (χ3v) is 4.05. The Labute approximate surface area is 149 Å². The number of hydrogen-bond acceptors (Lipinski definition) is 3. The van der Waals surface area contributed by atoms with Crippen LogP contribution in [0.3, 0.4) is 0 Å². The van der Waals surface area contributed by atoms with Gasteiger partial charge in [0.2, 0.25) is 5.91 Å². The number of aromatic nitrogens is 2. The predicted molar refractivity (Wildman–Crippen MR) is 96.5 cm³/mol. The molecule has 0 fully saturated rings. The summed E-state index contributed by atoms with van der Waals surface area (Å²) in [6.45, 7) is 0.0814. The quantitative estimate of drug-likeness (QED) is 0.662. The number of carbonyl (C=O) groups is 1. The Balaban J connectivity index is 1.72. The first kappa shape index (κ1) is 17.0. The minimum atomic E-state index is -0.434. The summed E-state index contributed by atoms with van der Waals surface area (Å²) in [5.41, 5.74) is 2.41. The monoisotopic (exact) mass is 355 g/mol. The maximum atomic E-state index is 13.8. The van der Waals surface area contributed by atoms with Crippen LogP contribution in [0, 0.1) is 5.82 Å². The number of fused-ring (bicyclic) bond motifs is 1. The summed E-state index contributed by atoms with van der Waals surface area (Å²) in [5, 5.41) is 0.295. The van der Waals surface area contributed by atoms with Crippen LogP contribution >= 0.6 is 11.6 Å². The van der Waals surface area contributed by atoms with Crippen LogP contribution in [0.25, 0.3) is 17.1 Å². The molecule has 0 spiro atoms. The molecule has 1 aromatic heterocycles. The Morgan fingerprint density at radius 2 is 1.96 bits per heavy atom. The molecule has 25 heavy (non-hydrogen) atoms. The second-order valence-electron chi connectivity index (χ2n) is 5.51. The Hall–Kier alpha value is -2.79. The lowest BCUT2D eigenvalue weighted by Crippen LogP contribution is -2.24. The maximum Gasteiger partial charge on any atom is 0.246 e. The molecular weight excluding hydrogens is 341 g/mol. The largest absolute Gasteiger partial charge is 0.338 e. The number of nitrogens with zero attached hydrogens (tertiary/aromatic N) is 3. The molecule has 0 bridgehead atoms. The van der Waals surface area contributed by atoms with E-state index in [2.05, 4.69) is 9.97 Å². The van der Waals surface area contributed by atoms with Gasteiger partial charge in [0.15, 0.2) is 0 Å². The van der Waals surface area contributed by atoms with Crippen molar-refractivity contribution in [1.82, 2.24) is 14.9 Å². The molecule has 0 aliphatic rings. The van der Waals surface area contributed by atoms with Crippen molar-refractivity contribution >= 4 is 34.6 Å². The van der Waals surface area contributed by atoms with E-state index in [9.17, 15) is 9.18 Å². The topological polar surface area (TPSA) is 46.1 Å². The van der Waals surface area contributed by atoms with Crippen molar-refractivity contribution in [2.24, 2.45) is 0 Å². The fraction of sp³-hybridized carbons (Fsp3) is 0.105. The molecule has 0 saturated heterocycles. The van der Waals surface area contributed by atoms with E-state index in [1.54, 1.807) is 25.4 Å². The number of hydrogen-bond donors (Lipinski definition) is 0. The molecule has 4 nitrogen and oxygen atoms in total. The Morgan fingerprint density at radius 3 is 2.72 bits per heavy atom. The van der Waals surface area contributed by atoms with Crippen LogP contribution in [-0.4, -0.2) is 27.8 Å². The van der Waals surface area contributed by atoms with Gasteiger partial charge in [-0.05, 0) is 30.3 Å². The summed E-state index contributed by atoms with van der Waals surface area (Å²) in [6, 6.07) is 11.9. The fourth-order valence-electron chi connectivity index (χ4n) is 2.33. The molecule has 2 aromatic carbocycles. The number of benzene rings is 2. The van der Waals surface area contributed by atoms with Crippen LogP contribution in [0.4, 0.5) is 4.39 Å². The highest BCUT2D eigenvalue weighted by atomic mass is 35.5. The highest BCUT2D eigenvalue weighted by Gasteiger charge is 2.12. The number of rotatable bonds is 4. The molecule has 0 atom stereocenters. The van der Waals surface area contributed by atoms with E-state index in [0.717, 1.165) is 11.0 Å². The Bertz CT molecular complexity index is 938. The number of amides is 1. The van der Waals surface area contributed by atoms with E-state index in [1.807, 2.05) is 24.3 Å². The first-order valence-electron chi connectivity index (χ1n) is 7.62. The predicted octanol–water partition coefficient (Wildman–Crippen LogP) is 4.09. The van der Waals surface area contributed by atoms with Gasteiger partial charge in [-0.15, -0.1) is 0 Å². The molecule has 1 amide bonds. The van der Waals surface area contributed by atoms with Gasteiger partial charge in [0.05, 0.1) is 22.9 Å². The molecule has 0 saturated carbocycles. The number of likely N-dealkylation sites (N-methyl/N-ethyl adjacent to an activating group) is 1. The van der Waals surface area contributed by atoms with E-state index in [0.29, 0.717) is 16.3 Å². The SMILES string of the molecule is CN(Cc1c(F)cccc1Cl)C(=O)/C=C/c1cnc2ccccc2n1.